The number of hydrogen-bond acceptors (Lipinski definition) is 4. The zero-order valence-corrected chi connectivity index (χ0v) is 12.7. The highest BCUT2D eigenvalue weighted by molar-refractivity contribution is 5.89. The van der Waals surface area contributed by atoms with E-state index >= 15 is 0 Å². The number of amides is 2. The van der Waals surface area contributed by atoms with Gasteiger partial charge in [0.1, 0.15) is 0 Å². The molecule has 0 spiro atoms. The van der Waals surface area contributed by atoms with E-state index in [0.717, 1.165) is 12.8 Å². The van der Waals surface area contributed by atoms with Gasteiger partial charge in [0, 0.05) is 32.7 Å². The van der Waals surface area contributed by atoms with Crippen LogP contribution in [0, 0.1) is 5.92 Å². The van der Waals surface area contributed by atoms with Crippen molar-refractivity contribution in [3.05, 3.63) is 0 Å². The minimum absolute atomic E-state index is 0.00605. The molecule has 21 heavy (non-hydrogen) atoms. The van der Waals surface area contributed by atoms with Crippen LogP contribution in [0.25, 0.3) is 0 Å². The van der Waals surface area contributed by atoms with Gasteiger partial charge in [0.15, 0.2) is 0 Å². The highest BCUT2D eigenvalue weighted by Crippen LogP contribution is 2.29. The van der Waals surface area contributed by atoms with E-state index in [9.17, 15) is 9.59 Å². The summed E-state index contributed by atoms with van der Waals surface area (Å²) in [6, 6.07) is 0.144. The molecule has 6 nitrogen and oxygen atoms in total. The van der Waals surface area contributed by atoms with E-state index in [0.29, 0.717) is 32.0 Å². The van der Waals surface area contributed by atoms with Gasteiger partial charge in [-0.1, -0.05) is 12.8 Å². The van der Waals surface area contributed by atoms with Gasteiger partial charge >= 0.3 is 0 Å². The molecule has 2 unspecified atom stereocenters. The highest BCUT2D eigenvalue weighted by Gasteiger charge is 2.38. The number of ether oxygens (including phenoxy) is 1. The quantitative estimate of drug-likeness (QED) is 0.708. The number of carbonyl (C=O) groups excluding carboxylic acids is 2. The maximum atomic E-state index is 12.3. The molecule has 0 bridgehead atoms. The first-order valence-corrected chi connectivity index (χ1v) is 7.85. The molecule has 1 aliphatic carbocycles. The standard InChI is InChI=1S/C15H26N2O4/c1-21-10-12(6-7-18)16-15(20)11-8-14(19)17(9-11)13-4-2-3-5-13/h11-13,18H,2-10H2,1H3,(H,16,20). The summed E-state index contributed by atoms with van der Waals surface area (Å²) < 4.78 is 5.04. The number of aliphatic hydroxyl groups excluding tert-OH is 1. The number of aliphatic hydroxyl groups is 1. The molecular weight excluding hydrogens is 272 g/mol. The fourth-order valence-electron chi connectivity index (χ4n) is 3.35. The maximum absolute atomic E-state index is 12.3. The van der Waals surface area contributed by atoms with Crippen molar-refractivity contribution < 1.29 is 19.4 Å². The number of nitrogens with one attached hydrogen (secondary N) is 1. The molecule has 1 saturated carbocycles. The van der Waals surface area contributed by atoms with Crippen LogP contribution in [0.3, 0.4) is 0 Å². The van der Waals surface area contributed by atoms with Crippen LogP contribution in [0.4, 0.5) is 0 Å². The molecule has 2 atom stereocenters. The molecule has 2 N–H and O–H groups in total. The Kier molecular flexibility index (Phi) is 5.99. The Morgan fingerprint density at radius 2 is 2.19 bits per heavy atom. The Bertz CT molecular complexity index is 363. The molecule has 0 aromatic heterocycles. The van der Waals surface area contributed by atoms with Crippen LogP contribution in [-0.4, -0.2) is 60.8 Å². The molecule has 2 rings (SSSR count). The Balaban J connectivity index is 1.86. The van der Waals surface area contributed by atoms with Crippen molar-refractivity contribution in [1.82, 2.24) is 10.2 Å². The number of rotatable bonds is 7. The second kappa shape index (κ2) is 7.75. The summed E-state index contributed by atoms with van der Waals surface area (Å²) in [7, 11) is 1.57. The van der Waals surface area contributed by atoms with Crippen molar-refractivity contribution in [3.8, 4) is 0 Å². The second-order valence-electron chi connectivity index (χ2n) is 6.06. The van der Waals surface area contributed by atoms with Crippen molar-refractivity contribution in [1.29, 1.82) is 0 Å². The van der Waals surface area contributed by atoms with E-state index in [1.165, 1.54) is 12.8 Å². The molecule has 2 fully saturated rings. The Morgan fingerprint density at radius 1 is 1.48 bits per heavy atom. The fraction of sp³-hybridized carbons (Fsp3) is 0.867. The first kappa shape index (κ1) is 16.2. The van der Waals surface area contributed by atoms with E-state index in [-0.39, 0.29) is 30.4 Å². The van der Waals surface area contributed by atoms with Gasteiger partial charge in [-0.05, 0) is 19.3 Å². The van der Waals surface area contributed by atoms with Crippen LogP contribution >= 0.6 is 0 Å². The van der Waals surface area contributed by atoms with Gasteiger partial charge in [-0.25, -0.2) is 0 Å². The van der Waals surface area contributed by atoms with E-state index < -0.39 is 0 Å². The third-order valence-corrected chi connectivity index (χ3v) is 4.49. The first-order chi connectivity index (χ1) is 10.2. The Labute approximate surface area is 125 Å². The molecule has 120 valence electrons. The topological polar surface area (TPSA) is 78.9 Å². The van der Waals surface area contributed by atoms with E-state index in [1.807, 2.05) is 4.90 Å². The van der Waals surface area contributed by atoms with E-state index in [2.05, 4.69) is 5.32 Å². The summed E-state index contributed by atoms with van der Waals surface area (Å²) in [5, 5.41) is 11.9. The molecule has 6 heteroatoms. The predicted molar refractivity (Wildman–Crippen MR) is 77.6 cm³/mol. The smallest absolute Gasteiger partial charge is 0.225 e. The molecule has 1 saturated heterocycles. The summed E-state index contributed by atoms with van der Waals surface area (Å²) in [5.74, 6) is -0.261. The lowest BCUT2D eigenvalue weighted by atomic mass is 10.1. The molecule has 1 heterocycles. The first-order valence-electron chi connectivity index (χ1n) is 7.85. The van der Waals surface area contributed by atoms with E-state index in [1.54, 1.807) is 7.11 Å². The van der Waals surface area contributed by atoms with Crippen LogP contribution < -0.4 is 5.32 Å². The van der Waals surface area contributed by atoms with Gasteiger partial charge in [0.05, 0.1) is 18.6 Å². The molecule has 0 aromatic carbocycles. The van der Waals surface area contributed by atoms with Gasteiger partial charge in [0.2, 0.25) is 11.8 Å². The summed E-state index contributed by atoms with van der Waals surface area (Å²) in [5.41, 5.74) is 0. The molecule has 0 aromatic rings. The average molecular weight is 298 g/mol. The highest BCUT2D eigenvalue weighted by atomic mass is 16.5. The van der Waals surface area contributed by atoms with Gasteiger partial charge in [-0.2, -0.15) is 0 Å². The third kappa shape index (κ3) is 4.17. The van der Waals surface area contributed by atoms with Crippen molar-refractivity contribution in [2.45, 2.75) is 50.6 Å². The molecular formula is C15H26N2O4. The van der Waals surface area contributed by atoms with Crippen LogP contribution in [0.5, 0.6) is 0 Å². The Hall–Kier alpha value is -1.14. The normalized spacial score (nSPS) is 24.6. The SMILES string of the molecule is COCC(CCO)NC(=O)C1CC(=O)N(C2CCCC2)C1. The lowest BCUT2D eigenvalue weighted by Gasteiger charge is -2.24. The Morgan fingerprint density at radius 3 is 2.81 bits per heavy atom. The van der Waals surface area contributed by atoms with Crippen LogP contribution in [-0.2, 0) is 14.3 Å². The largest absolute Gasteiger partial charge is 0.396 e. The van der Waals surface area contributed by atoms with Crippen molar-refractivity contribution >= 4 is 11.8 Å². The van der Waals surface area contributed by atoms with Crippen molar-refractivity contribution in [2.24, 2.45) is 5.92 Å². The van der Waals surface area contributed by atoms with E-state index in [4.69, 9.17) is 9.84 Å². The van der Waals surface area contributed by atoms with Crippen molar-refractivity contribution in [3.63, 3.8) is 0 Å². The van der Waals surface area contributed by atoms with Crippen LogP contribution in [0.2, 0.25) is 0 Å². The number of likely N-dealkylation sites (tertiary alicyclic amines) is 1. The number of carbonyl (C=O) groups is 2. The van der Waals surface area contributed by atoms with Gasteiger partial charge < -0.3 is 20.1 Å². The zero-order valence-electron chi connectivity index (χ0n) is 12.7. The van der Waals surface area contributed by atoms with Gasteiger partial charge in [-0.3, -0.25) is 9.59 Å². The molecule has 1 aliphatic heterocycles. The van der Waals surface area contributed by atoms with Crippen molar-refractivity contribution in [2.75, 3.05) is 26.9 Å². The number of hydrogen-bond donors (Lipinski definition) is 2. The third-order valence-electron chi connectivity index (χ3n) is 4.49. The molecule has 2 amide bonds. The number of methoxy groups -OCH3 is 1. The summed E-state index contributed by atoms with van der Waals surface area (Å²) >= 11 is 0. The van der Waals surface area contributed by atoms with Gasteiger partial charge in [0.25, 0.3) is 0 Å². The average Bonchev–Trinajstić information content (AvgIpc) is 3.08. The zero-order chi connectivity index (χ0) is 15.2. The maximum Gasteiger partial charge on any atom is 0.225 e. The minimum atomic E-state index is -0.267. The fourth-order valence-corrected chi connectivity index (χ4v) is 3.35. The second-order valence-corrected chi connectivity index (χ2v) is 6.06. The summed E-state index contributed by atoms with van der Waals surface area (Å²) in [6.07, 6.45) is 5.26. The lowest BCUT2D eigenvalue weighted by Crippen LogP contribution is -2.43. The summed E-state index contributed by atoms with van der Waals surface area (Å²) in [4.78, 5) is 26.3. The summed E-state index contributed by atoms with van der Waals surface area (Å²) in [6.45, 7) is 0.916. The molecule has 0 radical (unpaired) electrons. The molecule has 2 aliphatic rings. The van der Waals surface area contributed by atoms with Gasteiger partial charge in [-0.15, -0.1) is 0 Å². The minimum Gasteiger partial charge on any atom is -0.396 e. The van der Waals surface area contributed by atoms with Crippen LogP contribution in [0.1, 0.15) is 38.5 Å². The monoisotopic (exact) mass is 298 g/mol. The lowest BCUT2D eigenvalue weighted by molar-refractivity contribution is -0.130. The predicted octanol–water partition coefficient (Wildman–Crippen LogP) is 0.291. The number of nitrogens with zero attached hydrogens (tertiary/aromatic N) is 1. The van der Waals surface area contributed by atoms with Crippen LogP contribution in [0.15, 0.2) is 0 Å².